The minimum Gasteiger partial charge on any atom is -0.324 e. The molecule has 2 atom stereocenters. The highest BCUT2D eigenvalue weighted by atomic mass is 79.9. The van der Waals surface area contributed by atoms with Gasteiger partial charge in [0.2, 0.25) is 5.91 Å². The Balaban J connectivity index is 1.53. The highest BCUT2D eigenvalue weighted by molar-refractivity contribution is 9.10. The Hall–Kier alpha value is -0.910. The Morgan fingerprint density at radius 2 is 2.00 bits per heavy atom. The van der Waals surface area contributed by atoms with Gasteiger partial charge in [-0.15, -0.1) is 0 Å². The number of hydrogen-bond acceptors (Lipinski definition) is 3. The van der Waals surface area contributed by atoms with Crippen LogP contribution >= 0.6 is 15.9 Å². The molecule has 2 N–H and O–H groups in total. The molecule has 5 heteroatoms. The summed E-state index contributed by atoms with van der Waals surface area (Å²) in [5.41, 5.74) is 0.841. The molecule has 19 heavy (non-hydrogen) atoms. The fourth-order valence-corrected chi connectivity index (χ4v) is 3.42. The number of likely N-dealkylation sites (tertiary alicyclic amines) is 1. The molecule has 2 saturated heterocycles. The van der Waals surface area contributed by atoms with Gasteiger partial charge in [0.1, 0.15) is 0 Å². The van der Waals surface area contributed by atoms with Crippen molar-refractivity contribution in [2.75, 3.05) is 38.0 Å². The Bertz CT molecular complexity index is 468. The van der Waals surface area contributed by atoms with E-state index in [1.54, 1.807) is 0 Å². The number of carbonyl (C=O) groups is 1. The predicted molar refractivity (Wildman–Crippen MR) is 79.1 cm³/mol. The minimum absolute atomic E-state index is 0.0693. The molecule has 0 aliphatic carbocycles. The highest BCUT2D eigenvalue weighted by Gasteiger charge is 2.36. The molecule has 1 amide bonds. The van der Waals surface area contributed by atoms with Gasteiger partial charge >= 0.3 is 0 Å². The van der Waals surface area contributed by atoms with Crippen LogP contribution in [0, 0.1) is 11.8 Å². The van der Waals surface area contributed by atoms with Gasteiger partial charge in [-0.05, 0) is 53.0 Å². The number of halogens is 1. The quantitative estimate of drug-likeness (QED) is 0.886. The molecule has 0 spiro atoms. The van der Waals surface area contributed by atoms with Gasteiger partial charge in [0.25, 0.3) is 0 Å². The van der Waals surface area contributed by atoms with E-state index in [1.807, 2.05) is 24.3 Å². The highest BCUT2D eigenvalue weighted by Crippen LogP contribution is 2.26. The summed E-state index contributed by atoms with van der Waals surface area (Å²) < 4.78 is 0.922. The van der Waals surface area contributed by atoms with Crippen molar-refractivity contribution in [1.82, 2.24) is 10.2 Å². The molecule has 4 nitrogen and oxygen atoms in total. The molecule has 2 heterocycles. The van der Waals surface area contributed by atoms with Gasteiger partial charge in [0, 0.05) is 17.6 Å². The van der Waals surface area contributed by atoms with Crippen LogP contribution in [0.3, 0.4) is 0 Å². The van der Waals surface area contributed by atoms with E-state index in [0.717, 1.165) is 48.2 Å². The fourth-order valence-electron chi connectivity index (χ4n) is 3.04. The maximum atomic E-state index is 12.1. The van der Waals surface area contributed by atoms with Crippen LogP contribution in [0.5, 0.6) is 0 Å². The second-order valence-corrected chi connectivity index (χ2v) is 6.25. The van der Waals surface area contributed by atoms with E-state index in [4.69, 9.17) is 0 Å². The molecule has 2 unspecified atom stereocenters. The van der Waals surface area contributed by atoms with Gasteiger partial charge in [-0.1, -0.05) is 12.1 Å². The van der Waals surface area contributed by atoms with E-state index in [0.29, 0.717) is 6.54 Å². The first-order chi connectivity index (χ1) is 9.22. The summed E-state index contributed by atoms with van der Waals surface area (Å²) in [6.45, 7) is 4.79. The second-order valence-electron chi connectivity index (χ2n) is 5.40. The molecule has 0 bridgehead atoms. The van der Waals surface area contributed by atoms with E-state index in [2.05, 4.69) is 31.5 Å². The zero-order chi connectivity index (χ0) is 13.2. The number of rotatable bonds is 3. The largest absolute Gasteiger partial charge is 0.324 e. The smallest absolute Gasteiger partial charge is 0.238 e. The SMILES string of the molecule is O=C(CN1CC2CNCC2C1)Nc1ccccc1Br. The third kappa shape index (κ3) is 2.99. The van der Waals surface area contributed by atoms with Crippen LogP contribution in [-0.2, 0) is 4.79 Å². The molecule has 1 aromatic rings. The maximum Gasteiger partial charge on any atom is 0.238 e. The van der Waals surface area contributed by atoms with Crippen LogP contribution < -0.4 is 10.6 Å². The Morgan fingerprint density at radius 3 is 2.68 bits per heavy atom. The second kappa shape index (κ2) is 5.61. The number of carbonyl (C=O) groups excluding carboxylic acids is 1. The van der Waals surface area contributed by atoms with Crippen molar-refractivity contribution >= 4 is 27.5 Å². The summed E-state index contributed by atoms with van der Waals surface area (Å²) in [7, 11) is 0. The summed E-state index contributed by atoms with van der Waals surface area (Å²) in [6.07, 6.45) is 0. The first kappa shape index (κ1) is 13.1. The molecule has 2 aliphatic heterocycles. The van der Waals surface area contributed by atoms with Crippen LogP contribution in [0.4, 0.5) is 5.69 Å². The van der Waals surface area contributed by atoms with Crippen molar-refractivity contribution in [1.29, 1.82) is 0 Å². The van der Waals surface area contributed by atoms with Crippen molar-refractivity contribution in [3.8, 4) is 0 Å². The molecule has 1 aromatic carbocycles. The summed E-state index contributed by atoms with van der Waals surface area (Å²) in [6, 6.07) is 7.70. The maximum absolute atomic E-state index is 12.1. The van der Waals surface area contributed by atoms with Gasteiger partial charge in [0.15, 0.2) is 0 Å². The number of fused-ring (bicyclic) bond motifs is 1. The van der Waals surface area contributed by atoms with Crippen molar-refractivity contribution in [3.05, 3.63) is 28.7 Å². The van der Waals surface area contributed by atoms with Crippen molar-refractivity contribution in [3.63, 3.8) is 0 Å². The number of para-hydroxylation sites is 1. The van der Waals surface area contributed by atoms with E-state index in [9.17, 15) is 4.79 Å². The van der Waals surface area contributed by atoms with Crippen LogP contribution in [0.15, 0.2) is 28.7 Å². The number of nitrogens with zero attached hydrogens (tertiary/aromatic N) is 1. The number of benzene rings is 1. The lowest BCUT2D eigenvalue weighted by atomic mass is 10.0. The predicted octanol–water partition coefficient (Wildman–Crippen LogP) is 1.54. The molecule has 0 aromatic heterocycles. The lowest BCUT2D eigenvalue weighted by Crippen LogP contribution is -2.33. The summed E-state index contributed by atoms with van der Waals surface area (Å²) in [5.74, 6) is 1.53. The van der Waals surface area contributed by atoms with E-state index >= 15 is 0 Å². The van der Waals surface area contributed by atoms with Crippen molar-refractivity contribution in [2.45, 2.75) is 0 Å². The van der Waals surface area contributed by atoms with Crippen molar-refractivity contribution < 1.29 is 4.79 Å². The molecule has 2 aliphatic rings. The summed E-state index contributed by atoms with van der Waals surface area (Å²) in [4.78, 5) is 14.3. The number of hydrogen-bond donors (Lipinski definition) is 2. The Labute approximate surface area is 121 Å². The molecule has 2 fully saturated rings. The number of amides is 1. The normalized spacial score (nSPS) is 26.4. The monoisotopic (exact) mass is 323 g/mol. The molecular formula is C14H18BrN3O. The summed E-state index contributed by atoms with van der Waals surface area (Å²) >= 11 is 3.44. The average molecular weight is 324 g/mol. The standard InChI is InChI=1S/C14H18BrN3O/c15-12-3-1-2-4-13(12)17-14(19)9-18-7-10-5-16-6-11(10)8-18/h1-4,10-11,16H,5-9H2,(H,17,19). The third-order valence-corrected chi connectivity index (χ3v) is 4.67. The minimum atomic E-state index is 0.0693. The number of nitrogens with one attached hydrogen (secondary N) is 2. The van der Waals surface area contributed by atoms with Crippen LogP contribution in [0.25, 0.3) is 0 Å². The van der Waals surface area contributed by atoms with Crippen molar-refractivity contribution in [2.24, 2.45) is 11.8 Å². The molecule has 0 saturated carbocycles. The van der Waals surface area contributed by atoms with Gasteiger partial charge in [-0.3, -0.25) is 9.69 Å². The van der Waals surface area contributed by atoms with E-state index in [1.165, 1.54) is 0 Å². The van der Waals surface area contributed by atoms with Crippen LogP contribution in [-0.4, -0.2) is 43.5 Å². The molecular weight excluding hydrogens is 306 g/mol. The average Bonchev–Trinajstić information content (AvgIpc) is 2.92. The fraction of sp³-hybridized carbons (Fsp3) is 0.500. The number of anilines is 1. The first-order valence-corrected chi connectivity index (χ1v) is 7.49. The van der Waals surface area contributed by atoms with Gasteiger partial charge in [-0.25, -0.2) is 0 Å². The molecule has 3 rings (SSSR count). The lowest BCUT2D eigenvalue weighted by Gasteiger charge is -2.16. The Morgan fingerprint density at radius 1 is 1.32 bits per heavy atom. The van der Waals surface area contributed by atoms with E-state index in [-0.39, 0.29) is 5.91 Å². The van der Waals surface area contributed by atoms with Crippen LogP contribution in [0.1, 0.15) is 0 Å². The lowest BCUT2D eigenvalue weighted by molar-refractivity contribution is -0.117. The topological polar surface area (TPSA) is 44.4 Å². The third-order valence-electron chi connectivity index (χ3n) is 3.98. The zero-order valence-corrected chi connectivity index (χ0v) is 12.3. The zero-order valence-electron chi connectivity index (χ0n) is 10.7. The first-order valence-electron chi connectivity index (χ1n) is 6.70. The van der Waals surface area contributed by atoms with E-state index < -0.39 is 0 Å². The van der Waals surface area contributed by atoms with Crippen LogP contribution in [0.2, 0.25) is 0 Å². The van der Waals surface area contributed by atoms with Gasteiger partial charge < -0.3 is 10.6 Å². The summed E-state index contributed by atoms with van der Waals surface area (Å²) in [5, 5.41) is 6.37. The van der Waals surface area contributed by atoms with Gasteiger partial charge in [-0.2, -0.15) is 0 Å². The molecule has 0 radical (unpaired) electrons. The Kier molecular flexibility index (Phi) is 3.86. The van der Waals surface area contributed by atoms with Gasteiger partial charge in [0.05, 0.1) is 12.2 Å². The molecule has 102 valence electrons.